The molecule has 6 nitrogen and oxygen atoms in total. The van der Waals surface area contributed by atoms with Gasteiger partial charge in [0.1, 0.15) is 12.4 Å². The first-order chi connectivity index (χ1) is 12.3. The molecule has 142 valence electrons. The minimum Gasteiger partial charge on any atom is -0.494 e. The minimum atomic E-state index is -0.278. The average Bonchev–Trinajstić information content (AvgIpc) is 3.05. The molecule has 0 radical (unpaired) electrons. The zero-order valence-corrected chi connectivity index (χ0v) is 16.2. The van der Waals surface area contributed by atoms with E-state index in [0.717, 1.165) is 23.3 Å². The Kier molecular flexibility index (Phi) is 6.80. The van der Waals surface area contributed by atoms with Crippen LogP contribution in [0.15, 0.2) is 28.8 Å². The zero-order chi connectivity index (χ0) is 19.2. The second-order valence-electron chi connectivity index (χ2n) is 7.20. The lowest BCUT2D eigenvalue weighted by molar-refractivity contribution is -0.0241. The Bertz CT molecular complexity index is 732. The summed E-state index contributed by atoms with van der Waals surface area (Å²) in [7, 11) is 0. The van der Waals surface area contributed by atoms with Crippen LogP contribution in [-0.4, -0.2) is 23.3 Å². The highest BCUT2D eigenvalue weighted by molar-refractivity contribution is 5.92. The molecule has 0 atom stereocenters. The summed E-state index contributed by atoms with van der Waals surface area (Å²) in [6.45, 7) is 11.3. The number of benzene rings is 1. The van der Waals surface area contributed by atoms with Gasteiger partial charge in [-0.1, -0.05) is 18.1 Å². The van der Waals surface area contributed by atoms with Gasteiger partial charge >= 0.3 is 0 Å². The molecule has 26 heavy (non-hydrogen) atoms. The highest BCUT2D eigenvalue weighted by Gasteiger charge is 2.16. The quantitative estimate of drug-likeness (QED) is 0.770. The van der Waals surface area contributed by atoms with Gasteiger partial charge in [0.25, 0.3) is 5.91 Å². The zero-order valence-electron chi connectivity index (χ0n) is 16.2. The fraction of sp³-hybridized carbons (Fsp3) is 0.500. The number of nitrogens with zero attached hydrogens (tertiary/aromatic N) is 1. The van der Waals surface area contributed by atoms with E-state index in [1.54, 1.807) is 6.07 Å². The highest BCUT2D eigenvalue weighted by atomic mass is 16.5. The van der Waals surface area contributed by atoms with Crippen LogP contribution >= 0.6 is 0 Å². The summed E-state index contributed by atoms with van der Waals surface area (Å²) in [6.07, 6.45) is 0.970. The van der Waals surface area contributed by atoms with Crippen LogP contribution in [0, 0.1) is 6.92 Å². The molecule has 0 spiro atoms. The van der Waals surface area contributed by atoms with E-state index in [4.69, 9.17) is 14.0 Å². The summed E-state index contributed by atoms with van der Waals surface area (Å²) < 4.78 is 16.4. The van der Waals surface area contributed by atoms with E-state index in [0.29, 0.717) is 18.9 Å². The predicted molar refractivity (Wildman–Crippen MR) is 99.2 cm³/mol. The van der Waals surface area contributed by atoms with Crippen LogP contribution in [0.25, 0.3) is 0 Å². The van der Waals surface area contributed by atoms with Crippen LogP contribution in [-0.2, 0) is 17.9 Å². The van der Waals surface area contributed by atoms with Crippen molar-refractivity contribution >= 4 is 5.91 Å². The molecular weight excluding hydrogens is 332 g/mol. The van der Waals surface area contributed by atoms with Crippen LogP contribution < -0.4 is 10.1 Å². The summed E-state index contributed by atoms with van der Waals surface area (Å²) in [5.41, 5.74) is 2.07. The molecule has 0 bridgehead atoms. The lowest BCUT2D eigenvalue weighted by atomic mass is 10.1. The summed E-state index contributed by atoms with van der Waals surface area (Å²) in [4.78, 5) is 12.3. The van der Waals surface area contributed by atoms with Gasteiger partial charge in [0.2, 0.25) is 0 Å². The van der Waals surface area contributed by atoms with Crippen LogP contribution in [0.1, 0.15) is 61.5 Å². The molecule has 0 saturated heterocycles. The number of carbonyl (C=O) groups is 1. The highest BCUT2D eigenvalue weighted by Crippen LogP contribution is 2.18. The van der Waals surface area contributed by atoms with Crippen molar-refractivity contribution in [1.29, 1.82) is 0 Å². The molecule has 2 aromatic rings. The number of carbonyl (C=O) groups excluding carboxylic acids is 1. The van der Waals surface area contributed by atoms with E-state index in [-0.39, 0.29) is 23.8 Å². The molecule has 0 fully saturated rings. The minimum absolute atomic E-state index is 0.248. The molecule has 0 aliphatic carbocycles. The van der Waals surface area contributed by atoms with Gasteiger partial charge in [-0.05, 0) is 57.4 Å². The van der Waals surface area contributed by atoms with Gasteiger partial charge in [-0.25, -0.2) is 0 Å². The Morgan fingerprint density at radius 2 is 2.04 bits per heavy atom. The van der Waals surface area contributed by atoms with E-state index in [1.807, 2.05) is 45.9 Å². The van der Waals surface area contributed by atoms with Crippen molar-refractivity contribution in [2.24, 2.45) is 0 Å². The number of hydrogen-bond donors (Lipinski definition) is 1. The Labute approximate surface area is 154 Å². The van der Waals surface area contributed by atoms with Crippen LogP contribution in [0.3, 0.4) is 0 Å². The molecule has 0 saturated carbocycles. The molecule has 1 amide bonds. The smallest absolute Gasteiger partial charge is 0.273 e. The second kappa shape index (κ2) is 8.85. The first-order valence-electron chi connectivity index (χ1n) is 8.88. The maximum absolute atomic E-state index is 12.3. The normalized spacial score (nSPS) is 11.4. The van der Waals surface area contributed by atoms with Gasteiger partial charge in [-0.2, -0.15) is 0 Å². The maximum Gasteiger partial charge on any atom is 0.273 e. The molecule has 6 heteroatoms. The van der Waals surface area contributed by atoms with E-state index in [2.05, 4.69) is 17.4 Å². The van der Waals surface area contributed by atoms with Crippen molar-refractivity contribution in [2.75, 3.05) is 6.61 Å². The van der Waals surface area contributed by atoms with E-state index in [1.165, 1.54) is 0 Å². The fourth-order valence-corrected chi connectivity index (χ4v) is 2.22. The van der Waals surface area contributed by atoms with E-state index in [9.17, 15) is 4.79 Å². The number of nitrogens with one attached hydrogen (secondary N) is 1. The third-order valence-corrected chi connectivity index (χ3v) is 3.67. The SMILES string of the molecule is CCCOc1ccc(CNC(=O)c2cc(COC(C)(C)C)on2)c(C)c1. The molecule has 1 heterocycles. The van der Waals surface area contributed by atoms with Crippen molar-refractivity contribution in [3.8, 4) is 5.75 Å². The number of aryl methyl sites for hydroxylation is 1. The van der Waals surface area contributed by atoms with Crippen molar-refractivity contribution in [2.45, 2.75) is 59.8 Å². The van der Waals surface area contributed by atoms with Gasteiger partial charge in [-0.15, -0.1) is 0 Å². The van der Waals surface area contributed by atoms with Crippen molar-refractivity contribution in [3.63, 3.8) is 0 Å². The summed E-state index contributed by atoms with van der Waals surface area (Å²) in [5, 5.41) is 6.67. The van der Waals surface area contributed by atoms with Gasteiger partial charge < -0.3 is 19.3 Å². The monoisotopic (exact) mass is 360 g/mol. The van der Waals surface area contributed by atoms with Gasteiger partial charge in [0, 0.05) is 12.6 Å². The lowest BCUT2D eigenvalue weighted by Gasteiger charge is -2.17. The van der Waals surface area contributed by atoms with E-state index >= 15 is 0 Å². The Hall–Kier alpha value is -2.34. The second-order valence-corrected chi connectivity index (χ2v) is 7.20. The Balaban J connectivity index is 1.89. The lowest BCUT2D eigenvalue weighted by Crippen LogP contribution is -2.23. The van der Waals surface area contributed by atoms with Gasteiger partial charge in [0.15, 0.2) is 11.5 Å². The average molecular weight is 360 g/mol. The van der Waals surface area contributed by atoms with Gasteiger partial charge in [0.05, 0.1) is 12.2 Å². The van der Waals surface area contributed by atoms with Crippen molar-refractivity contribution in [1.82, 2.24) is 10.5 Å². The third kappa shape index (κ3) is 6.19. The Morgan fingerprint density at radius 1 is 1.27 bits per heavy atom. The predicted octanol–water partition coefficient (Wildman–Crippen LogP) is 4.02. The molecule has 1 aromatic heterocycles. The fourth-order valence-electron chi connectivity index (χ4n) is 2.22. The topological polar surface area (TPSA) is 73.6 Å². The number of hydrogen-bond acceptors (Lipinski definition) is 5. The first kappa shape index (κ1) is 20.0. The van der Waals surface area contributed by atoms with Crippen LogP contribution in [0.4, 0.5) is 0 Å². The molecular formula is C20H28N2O4. The Morgan fingerprint density at radius 3 is 2.69 bits per heavy atom. The maximum atomic E-state index is 12.3. The molecule has 0 unspecified atom stereocenters. The molecule has 0 aliphatic heterocycles. The number of ether oxygens (including phenoxy) is 2. The summed E-state index contributed by atoms with van der Waals surface area (Å²) >= 11 is 0. The largest absolute Gasteiger partial charge is 0.494 e. The summed E-state index contributed by atoms with van der Waals surface area (Å²) in [5.74, 6) is 1.10. The van der Waals surface area contributed by atoms with Crippen LogP contribution in [0.5, 0.6) is 5.75 Å². The molecule has 0 aliphatic rings. The number of amides is 1. The third-order valence-electron chi connectivity index (χ3n) is 3.67. The first-order valence-corrected chi connectivity index (χ1v) is 8.88. The van der Waals surface area contributed by atoms with Crippen molar-refractivity contribution in [3.05, 3.63) is 46.8 Å². The molecule has 1 N–H and O–H groups in total. The summed E-state index contributed by atoms with van der Waals surface area (Å²) in [6, 6.07) is 7.47. The van der Waals surface area contributed by atoms with Crippen molar-refractivity contribution < 1.29 is 18.8 Å². The standard InChI is InChI=1S/C20H28N2O4/c1-6-9-24-16-8-7-15(14(2)10-16)12-21-19(23)18-11-17(26-22-18)13-25-20(3,4)5/h7-8,10-11H,6,9,12-13H2,1-5H3,(H,21,23). The molecule has 2 rings (SSSR count). The van der Waals surface area contributed by atoms with E-state index < -0.39 is 0 Å². The number of aromatic nitrogens is 1. The molecule has 1 aromatic carbocycles. The van der Waals surface area contributed by atoms with Crippen LogP contribution in [0.2, 0.25) is 0 Å². The van der Waals surface area contributed by atoms with Gasteiger partial charge in [-0.3, -0.25) is 4.79 Å². The number of rotatable bonds is 8.